The number of guanidine groups is 1. The molecule has 1 aromatic rings. The second-order valence-electron chi connectivity index (χ2n) is 4.44. The average molecular weight is 238 g/mol. The van der Waals surface area contributed by atoms with Crippen molar-refractivity contribution in [1.29, 1.82) is 0 Å². The number of nitrogens with one attached hydrogen (secondary N) is 1. The van der Waals surface area contributed by atoms with Gasteiger partial charge in [0.05, 0.1) is 12.2 Å². The van der Waals surface area contributed by atoms with E-state index in [4.69, 9.17) is 5.73 Å². The van der Waals surface area contributed by atoms with Gasteiger partial charge in [-0.05, 0) is 26.7 Å². The molecule has 88 valence electrons. The molecule has 2 rings (SSSR count). The van der Waals surface area contributed by atoms with E-state index in [0.29, 0.717) is 18.5 Å². The molecular weight excluding hydrogens is 220 g/mol. The molecule has 3 N–H and O–H groups in total. The van der Waals surface area contributed by atoms with Gasteiger partial charge in [0, 0.05) is 17.3 Å². The monoisotopic (exact) mass is 238 g/mol. The second-order valence-corrected chi connectivity index (χ2v) is 5.38. The lowest BCUT2D eigenvalue weighted by molar-refractivity contribution is 0.723. The summed E-state index contributed by atoms with van der Waals surface area (Å²) in [6, 6.07) is 0.321. The van der Waals surface area contributed by atoms with E-state index >= 15 is 0 Å². The van der Waals surface area contributed by atoms with E-state index in [0.717, 1.165) is 10.9 Å². The Balaban J connectivity index is 1.88. The predicted molar refractivity (Wildman–Crippen MR) is 67.7 cm³/mol. The van der Waals surface area contributed by atoms with Crippen molar-refractivity contribution in [3.63, 3.8) is 0 Å². The van der Waals surface area contributed by atoms with E-state index in [-0.39, 0.29) is 0 Å². The van der Waals surface area contributed by atoms with Crippen molar-refractivity contribution in [2.24, 2.45) is 10.7 Å². The van der Waals surface area contributed by atoms with Gasteiger partial charge < -0.3 is 11.1 Å². The maximum Gasteiger partial charge on any atom is 0.189 e. The number of aliphatic imine (C=N–C) groups is 1. The lowest BCUT2D eigenvalue weighted by Crippen LogP contribution is -2.36. The summed E-state index contributed by atoms with van der Waals surface area (Å²) in [6.07, 6.45) is 2.59. The molecule has 1 aromatic heterocycles. The summed E-state index contributed by atoms with van der Waals surface area (Å²) in [6.45, 7) is 4.66. The topological polar surface area (TPSA) is 63.3 Å². The van der Waals surface area contributed by atoms with E-state index in [1.165, 1.54) is 18.5 Å². The smallest absolute Gasteiger partial charge is 0.189 e. The van der Waals surface area contributed by atoms with Crippen LogP contribution in [0.1, 0.15) is 43.3 Å². The van der Waals surface area contributed by atoms with Crippen molar-refractivity contribution in [3.8, 4) is 0 Å². The van der Waals surface area contributed by atoms with Gasteiger partial charge in [-0.3, -0.25) is 0 Å². The molecule has 1 heterocycles. The van der Waals surface area contributed by atoms with Crippen LogP contribution in [-0.4, -0.2) is 17.0 Å². The van der Waals surface area contributed by atoms with Crippen LogP contribution in [0.4, 0.5) is 0 Å². The first kappa shape index (κ1) is 11.4. The largest absolute Gasteiger partial charge is 0.370 e. The lowest BCUT2D eigenvalue weighted by Gasteiger charge is -2.07. The number of nitrogens with two attached hydrogens (primary N) is 1. The Bertz CT molecular complexity index is 379. The summed E-state index contributed by atoms with van der Waals surface area (Å²) in [7, 11) is 0. The summed E-state index contributed by atoms with van der Waals surface area (Å²) in [5, 5.41) is 6.26. The highest BCUT2D eigenvalue weighted by Gasteiger charge is 2.25. The van der Waals surface area contributed by atoms with E-state index in [1.54, 1.807) is 11.3 Å². The quantitative estimate of drug-likeness (QED) is 0.621. The molecule has 5 heteroatoms. The number of aromatic nitrogens is 1. The van der Waals surface area contributed by atoms with Gasteiger partial charge in [-0.25, -0.2) is 9.98 Å². The molecule has 1 aliphatic rings. The minimum atomic E-state index is 0.321. The average Bonchev–Trinajstić information content (AvgIpc) is 2.94. The molecule has 1 aliphatic carbocycles. The highest BCUT2D eigenvalue weighted by atomic mass is 32.1. The molecule has 0 amide bonds. The Kier molecular flexibility index (Phi) is 3.43. The SMILES string of the molecule is CC(C)NC(N)=NCc1nc(C2CC2)cs1. The fraction of sp³-hybridized carbons (Fsp3) is 0.636. The Hall–Kier alpha value is -1.10. The fourth-order valence-corrected chi connectivity index (χ4v) is 2.26. The third-order valence-electron chi connectivity index (χ3n) is 2.39. The first-order valence-corrected chi connectivity index (χ1v) is 6.54. The molecule has 16 heavy (non-hydrogen) atoms. The first-order valence-electron chi connectivity index (χ1n) is 5.66. The molecular formula is C11H18N4S. The van der Waals surface area contributed by atoms with Crippen LogP contribution in [0.3, 0.4) is 0 Å². The third kappa shape index (κ3) is 3.20. The summed E-state index contributed by atoms with van der Waals surface area (Å²) < 4.78 is 0. The summed E-state index contributed by atoms with van der Waals surface area (Å²) in [5.74, 6) is 1.22. The van der Waals surface area contributed by atoms with E-state index in [9.17, 15) is 0 Å². The van der Waals surface area contributed by atoms with Crippen LogP contribution in [-0.2, 0) is 6.54 Å². The Morgan fingerprint density at radius 1 is 1.69 bits per heavy atom. The second kappa shape index (κ2) is 4.82. The fourth-order valence-electron chi connectivity index (χ4n) is 1.46. The van der Waals surface area contributed by atoms with Crippen molar-refractivity contribution in [2.75, 3.05) is 0 Å². The Morgan fingerprint density at radius 3 is 3.06 bits per heavy atom. The van der Waals surface area contributed by atoms with Crippen LogP contribution >= 0.6 is 11.3 Å². The Morgan fingerprint density at radius 2 is 2.44 bits per heavy atom. The molecule has 1 saturated carbocycles. The van der Waals surface area contributed by atoms with E-state index in [2.05, 4.69) is 20.7 Å². The number of hydrogen-bond donors (Lipinski definition) is 2. The van der Waals surface area contributed by atoms with Crippen LogP contribution < -0.4 is 11.1 Å². The van der Waals surface area contributed by atoms with Gasteiger partial charge >= 0.3 is 0 Å². The van der Waals surface area contributed by atoms with Crippen molar-refractivity contribution in [3.05, 3.63) is 16.1 Å². The molecule has 0 radical (unpaired) electrons. The first-order chi connectivity index (χ1) is 7.65. The summed E-state index contributed by atoms with van der Waals surface area (Å²) >= 11 is 1.68. The molecule has 0 aromatic carbocycles. The molecule has 4 nitrogen and oxygen atoms in total. The highest BCUT2D eigenvalue weighted by Crippen LogP contribution is 2.40. The molecule has 0 atom stereocenters. The molecule has 0 saturated heterocycles. The number of nitrogens with zero attached hydrogens (tertiary/aromatic N) is 2. The van der Waals surface area contributed by atoms with Crippen LogP contribution in [0, 0.1) is 0 Å². The maximum absolute atomic E-state index is 5.72. The highest BCUT2D eigenvalue weighted by molar-refractivity contribution is 7.09. The van der Waals surface area contributed by atoms with E-state index in [1.807, 2.05) is 13.8 Å². The zero-order valence-corrected chi connectivity index (χ0v) is 10.5. The predicted octanol–water partition coefficient (Wildman–Crippen LogP) is 1.83. The molecule has 0 bridgehead atoms. The van der Waals surface area contributed by atoms with Gasteiger partial charge in [-0.2, -0.15) is 0 Å². The summed E-state index contributed by atoms with van der Waals surface area (Å²) in [5.41, 5.74) is 6.96. The van der Waals surface area contributed by atoms with Gasteiger partial charge in [-0.15, -0.1) is 11.3 Å². The minimum absolute atomic E-state index is 0.321. The minimum Gasteiger partial charge on any atom is -0.370 e. The van der Waals surface area contributed by atoms with Gasteiger partial charge in [0.15, 0.2) is 5.96 Å². The number of hydrogen-bond acceptors (Lipinski definition) is 3. The van der Waals surface area contributed by atoms with Crippen molar-refractivity contribution < 1.29 is 0 Å². The lowest BCUT2D eigenvalue weighted by atomic mass is 10.3. The summed E-state index contributed by atoms with van der Waals surface area (Å²) in [4.78, 5) is 8.81. The van der Waals surface area contributed by atoms with Crippen molar-refractivity contribution in [2.45, 2.75) is 45.2 Å². The standard InChI is InChI=1S/C11H18N4S/c1-7(2)14-11(12)13-5-10-15-9(6-16-10)8-3-4-8/h6-8H,3-5H2,1-2H3,(H3,12,13,14). The van der Waals surface area contributed by atoms with Gasteiger partial charge in [0.2, 0.25) is 0 Å². The molecule has 0 spiro atoms. The van der Waals surface area contributed by atoms with Crippen LogP contribution in [0.15, 0.2) is 10.4 Å². The van der Waals surface area contributed by atoms with Crippen molar-refractivity contribution in [1.82, 2.24) is 10.3 Å². The maximum atomic E-state index is 5.72. The molecule has 0 unspecified atom stereocenters. The van der Waals surface area contributed by atoms with Gasteiger partial charge in [0.25, 0.3) is 0 Å². The zero-order chi connectivity index (χ0) is 11.5. The van der Waals surface area contributed by atoms with Gasteiger partial charge in [-0.1, -0.05) is 0 Å². The number of rotatable bonds is 4. The molecule has 0 aliphatic heterocycles. The van der Waals surface area contributed by atoms with Crippen LogP contribution in [0.25, 0.3) is 0 Å². The number of thiazole rings is 1. The van der Waals surface area contributed by atoms with Crippen LogP contribution in [0.2, 0.25) is 0 Å². The molecule has 1 fully saturated rings. The van der Waals surface area contributed by atoms with Crippen LogP contribution in [0.5, 0.6) is 0 Å². The zero-order valence-electron chi connectivity index (χ0n) is 9.73. The van der Waals surface area contributed by atoms with Gasteiger partial charge in [0.1, 0.15) is 5.01 Å². The van der Waals surface area contributed by atoms with Crippen molar-refractivity contribution >= 4 is 17.3 Å². The normalized spacial score (nSPS) is 16.8. The Labute approximate surface area is 100.0 Å². The van der Waals surface area contributed by atoms with E-state index < -0.39 is 0 Å². The third-order valence-corrected chi connectivity index (χ3v) is 3.24.